The van der Waals surface area contributed by atoms with Crippen molar-refractivity contribution in [2.24, 2.45) is 0 Å². The largest absolute Gasteiger partial charge is 0.394 e. The first-order valence-electron chi connectivity index (χ1n) is 9.02. The van der Waals surface area contributed by atoms with Crippen LogP contribution in [-0.4, -0.2) is 71.4 Å². The highest BCUT2D eigenvalue weighted by Gasteiger charge is 2.44. The zero-order valence-corrected chi connectivity index (χ0v) is 13.9. The molecule has 4 heteroatoms. The van der Waals surface area contributed by atoms with Gasteiger partial charge < -0.3 is 10.4 Å². The van der Waals surface area contributed by atoms with E-state index in [0.29, 0.717) is 18.7 Å². The van der Waals surface area contributed by atoms with Gasteiger partial charge in [-0.25, -0.2) is 0 Å². The van der Waals surface area contributed by atoms with E-state index in [0.717, 1.165) is 18.9 Å². The lowest BCUT2D eigenvalue weighted by atomic mass is 9.98. The summed E-state index contributed by atoms with van der Waals surface area (Å²) in [6.07, 6.45) is 7.41. The van der Waals surface area contributed by atoms with Gasteiger partial charge in [0.1, 0.15) is 0 Å². The number of piperazine rings is 1. The first-order chi connectivity index (χ1) is 10.2. The summed E-state index contributed by atoms with van der Waals surface area (Å²) in [7, 11) is 0. The smallest absolute Gasteiger partial charge is 0.0614 e. The van der Waals surface area contributed by atoms with Crippen LogP contribution in [0.3, 0.4) is 0 Å². The summed E-state index contributed by atoms with van der Waals surface area (Å²) >= 11 is 0. The third-order valence-electron chi connectivity index (χ3n) is 6.05. The van der Waals surface area contributed by atoms with E-state index in [2.05, 4.69) is 29.0 Å². The maximum atomic E-state index is 9.87. The molecule has 122 valence electrons. The maximum Gasteiger partial charge on any atom is 0.0614 e. The Balaban J connectivity index is 1.50. The van der Waals surface area contributed by atoms with Crippen molar-refractivity contribution < 1.29 is 5.11 Å². The van der Waals surface area contributed by atoms with E-state index < -0.39 is 0 Å². The molecule has 0 aromatic carbocycles. The Kier molecular flexibility index (Phi) is 4.89. The topological polar surface area (TPSA) is 38.7 Å². The molecule has 0 radical (unpaired) electrons. The summed E-state index contributed by atoms with van der Waals surface area (Å²) in [5, 5.41) is 13.6. The molecule has 3 aliphatic rings. The van der Waals surface area contributed by atoms with Gasteiger partial charge in [0.25, 0.3) is 0 Å². The Hall–Kier alpha value is -0.160. The highest BCUT2D eigenvalue weighted by molar-refractivity contribution is 5.03. The van der Waals surface area contributed by atoms with Crippen LogP contribution < -0.4 is 5.32 Å². The van der Waals surface area contributed by atoms with Crippen LogP contribution in [0.4, 0.5) is 0 Å². The molecule has 0 amide bonds. The van der Waals surface area contributed by atoms with Crippen molar-refractivity contribution in [2.45, 2.75) is 76.0 Å². The maximum absolute atomic E-state index is 9.87. The minimum absolute atomic E-state index is 0.0275. The third kappa shape index (κ3) is 3.61. The SMILES string of the molecule is CCC(C)N1CCN(C2CCC(CO)(NC3CC3)C2)CC1. The standard InChI is InChI=1S/C17H33N3O/c1-3-14(2)19-8-10-20(11-9-19)16-6-7-17(12-16,13-21)18-15-4-5-15/h14-16,18,21H,3-13H2,1-2H3. The van der Waals surface area contributed by atoms with Gasteiger partial charge in [0.05, 0.1) is 6.61 Å². The van der Waals surface area contributed by atoms with E-state index in [-0.39, 0.29) is 5.54 Å². The minimum atomic E-state index is 0.0275. The molecule has 0 spiro atoms. The zero-order chi connectivity index (χ0) is 14.9. The molecule has 1 saturated heterocycles. The van der Waals surface area contributed by atoms with Crippen LogP contribution in [0.2, 0.25) is 0 Å². The van der Waals surface area contributed by atoms with E-state index >= 15 is 0 Å². The van der Waals surface area contributed by atoms with Crippen molar-refractivity contribution in [3.63, 3.8) is 0 Å². The predicted octanol–water partition coefficient (Wildman–Crippen LogP) is 1.44. The molecule has 2 saturated carbocycles. The molecule has 21 heavy (non-hydrogen) atoms. The van der Waals surface area contributed by atoms with Crippen molar-refractivity contribution in [3.8, 4) is 0 Å². The second-order valence-corrected chi connectivity index (χ2v) is 7.58. The van der Waals surface area contributed by atoms with Crippen molar-refractivity contribution in [1.82, 2.24) is 15.1 Å². The average Bonchev–Trinajstić information content (AvgIpc) is 3.24. The molecule has 3 atom stereocenters. The molecule has 3 unspecified atom stereocenters. The quantitative estimate of drug-likeness (QED) is 0.778. The van der Waals surface area contributed by atoms with Crippen LogP contribution >= 0.6 is 0 Å². The molecule has 0 aromatic rings. The summed E-state index contributed by atoms with van der Waals surface area (Å²) in [5.41, 5.74) is 0.0275. The fourth-order valence-electron chi connectivity index (χ4n) is 4.19. The Morgan fingerprint density at radius 1 is 1.19 bits per heavy atom. The lowest BCUT2D eigenvalue weighted by Crippen LogP contribution is -2.53. The van der Waals surface area contributed by atoms with Gasteiger partial charge in [-0.1, -0.05) is 6.92 Å². The van der Waals surface area contributed by atoms with Gasteiger partial charge in [-0.05, 0) is 45.4 Å². The Bertz CT molecular complexity index is 339. The number of nitrogens with one attached hydrogen (secondary N) is 1. The number of nitrogens with zero attached hydrogens (tertiary/aromatic N) is 2. The average molecular weight is 295 g/mol. The fourth-order valence-corrected chi connectivity index (χ4v) is 4.19. The van der Waals surface area contributed by atoms with Gasteiger partial charge in [-0.3, -0.25) is 9.80 Å². The zero-order valence-electron chi connectivity index (χ0n) is 13.9. The van der Waals surface area contributed by atoms with Gasteiger partial charge >= 0.3 is 0 Å². The first kappa shape index (κ1) is 15.7. The number of aliphatic hydroxyl groups excluding tert-OH is 1. The predicted molar refractivity (Wildman–Crippen MR) is 86.5 cm³/mol. The molecule has 0 bridgehead atoms. The van der Waals surface area contributed by atoms with Crippen molar-refractivity contribution in [1.29, 1.82) is 0 Å². The highest BCUT2D eigenvalue weighted by atomic mass is 16.3. The molecule has 2 N–H and O–H groups in total. The molecule has 1 aliphatic heterocycles. The molecular formula is C17H33N3O. The van der Waals surface area contributed by atoms with Crippen LogP contribution in [0.25, 0.3) is 0 Å². The van der Waals surface area contributed by atoms with Gasteiger partial charge in [-0.2, -0.15) is 0 Å². The summed E-state index contributed by atoms with van der Waals surface area (Å²) in [6, 6.07) is 2.10. The van der Waals surface area contributed by atoms with Gasteiger partial charge in [0.15, 0.2) is 0 Å². The third-order valence-corrected chi connectivity index (χ3v) is 6.05. The van der Waals surface area contributed by atoms with Gasteiger partial charge in [0.2, 0.25) is 0 Å². The van der Waals surface area contributed by atoms with E-state index in [1.165, 1.54) is 51.9 Å². The monoisotopic (exact) mass is 295 g/mol. The summed E-state index contributed by atoms with van der Waals surface area (Å²) in [5.74, 6) is 0. The molecule has 1 heterocycles. The van der Waals surface area contributed by atoms with E-state index in [4.69, 9.17) is 0 Å². The van der Waals surface area contributed by atoms with Crippen LogP contribution in [0.15, 0.2) is 0 Å². The molecule has 3 rings (SSSR count). The number of hydrogen-bond donors (Lipinski definition) is 2. The molecular weight excluding hydrogens is 262 g/mol. The molecule has 4 nitrogen and oxygen atoms in total. The number of hydrogen-bond acceptors (Lipinski definition) is 4. The van der Waals surface area contributed by atoms with Crippen LogP contribution in [0, 0.1) is 0 Å². The Labute approximate surface area is 129 Å². The normalized spacial score (nSPS) is 37.0. The van der Waals surface area contributed by atoms with E-state index in [9.17, 15) is 5.11 Å². The Morgan fingerprint density at radius 3 is 2.48 bits per heavy atom. The van der Waals surface area contributed by atoms with Gasteiger partial charge in [0, 0.05) is 49.8 Å². The van der Waals surface area contributed by atoms with Crippen molar-refractivity contribution >= 4 is 0 Å². The molecule has 0 aromatic heterocycles. The number of rotatable bonds is 6. The fraction of sp³-hybridized carbons (Fsp3) is 1.00. The molecule has 2 aliphatic carbocycles. The Morgan fingerprint density at radius 2 is 1.90 bits per heavy atom. The van der Waals surface area contributed by atoms with Gasteiger partial charge in [-0.15, -0.1) is 0 Å². The lowest BCUT2D eigenvalue weighted by Gasteiger charge is -2.41. The highest BCUT2D eigenvalue weighted by Crippen LogP contribution is 2.36. The molecule has 3 fully saturated rings. The minimum Gasteiger partial charge on any atom is -0.394 e. The second-order valence-electron chi connectivity index (χ2n) is 7.58. The van der Waals surface area contributed by atoms with E-state index in [1.54, 1.807) is 0 Å². The van der Waals surface area contributed by atoms with Crippen molar-refractivity contribution in [3.05, 3.63) is 0 Å². The van der Waals surface area contributed by atoms with Crippen molar-refractivity contribution in [2.75, 3.05) is 32.8 Å². The summed E-state index contributed by atoms with van der Waals surface area (Å²) in [4.78, 5) is 5.32. The van der Waals surface area contributed by atoms with Crippen LogP contribution in [-0.2, 0) is 0 Å². The van der Waals surface area contributed by atoms with E-state index in [1.807, 2.05) is 0 Å². The van der Waals surface area contributed by atoms with Crippen LogP contribution in [0.1, 0.15) is 52.4 Å². The van der Waals surface area contributed by atoms with Crippen LogP contribution in [0.5, 0.6) is 0 Å². The first-order valence-corrected chi connectivity index (χ1v) is 9.02. The summed E-state index contributed by atoms with van der Waals surface area (Å²) in [6.45, 7) is 9.79. The number of aliphatic hydroxyl groups is 1. The second kappa shape index (κ2) is 6.53. The summed E-state index contributed by atoms with van der Waals surface area (Å²) < 4.78 is 0. The lowest BCUT2D eigenvalue weighted by molar-refractivity contribution is 0.0678.